The van der Waals surface area contributed by atoms with Gasteiger partial charge in [0.1, 0.15) is 11.5 Å². The number of benzene rings is 3. The van der Waals surface area contributed by atoms with Crippen molar-refractivity contribution in [3.8, 4) is 11.5 Å². The standard InChI is InChI=1S/C27H28N2O3/c1-18-8-11-22(14-19(18)2)32-17-27(30)29-15-24(20-9-12-21(31-3)13-10-20)25-16-28-26-7-5-4-6-23(25)26/h4-14,16,24,28H,15,17H2,1-3H3,(H,29,30)/t24-/m1/s1. The second kappa shape index (κ2) is 9.60. The number of aryl methyl sites for hydroxylation is 2. The van der Waals surface area contributed by atoms with E-state index in [1.165, 1.54) is 5.56 Å². The van der Waals surface area contributed by atoms with Crippen molar-refractivity contribution in [3.63, 3.8) is 0 Å². The normalized spacial score (nSPS) is 11.8. The molecular weight excluding hydrogens is 400 g/mol. The van der Waals surface area contributed by atoms with E-state index in [2.05, 4.69) is 29.4 Å². The monoisotopic (exact) mass is 428 g/mol. The Morgan fingerprint density at radius 1 is 0.969 bits per heavy atom. The van der Waals surface area contributed by atoms with Crippen LogP contribution in [0.4, 0.5) is 0 Å². The summed E-state index contributed by atoms with van der Waals surface area (Å²) in [5.41, 5.74) is 5.65. The average Bonchev–Trinajstić information content (AvgIpc) is 3.24. The lowest BCUT2D eigenvalue weighted by molar-refractivity contribution is -0.123. The number of aromatic amines is 1. The van der Waals surface area contributed by atoms with E-state index in [1.807, 2.05) is 67.7 Å². The van der Waals surface area contributed by atoms with Crippen molar-refractivity contribution in [3.05, 3.63) is 95.2 Å². The first-order valence-corrected chi connectivity index (χ1v) is 10.7. The average molecular weight is 429 g/mol. The maximum absolute atomic E-state index is 12.6. The van der Waals surface area contributed by atoms with Gasteiger partial charge in [-0.2, -0.15) is 0 Å². The highest BCUT2D eigenvalue weighted by atomic mass is 16.5. The predicted molar refractivity (Wildman–Crippen MR) is 128 cm³/mol. The zero-order chi connectivity index (χ0) is 22.5. The number of nitrogens with one attached hydrogen (secondary N) is 2. The number of aromatic nitrogens is 1. The molecule has 0 aliphatic heterocycles. The van der Waals surface area contributed by atoms with Crippen molar-refractivity contribution in [1.29, 1.82) is 0 Å². The molecule has 0 fully saturated rings. The van der Waals surface area contributed by atoms with Crippen LogP contribution in [0.15, 0.2) is 72.9 Å². The minimum absolute atomic E-state index is 0.0115. The fraction of sp³-hybridized carbons (Fsp3) is 0.222. The Hall–Kier alpha value is -3.73. The minimum Gasteiger partial charge on any atom is -0.497 e. The molecule has 3 aromatic carbocycles. The second-order valence-corrected chi connectivity index (χ2v) is 7.95. The van der Waals surface area contributed by atoms with Crippen LogP contribution < -0.4 is 14.8 Å². The lowest BCUT2D eigenvalue weighted by Gasteiger charge is -2.19. The summed E-state index contributed by atoms with van der Waals surface area (Å²) in [7, 11) is 1.65. The molecule has 164 valence electrons. The first-order chi connectivity index (χ1) is 15.5. The van der Waals surface area contributed by atoms with Crippen molar-refractivity contribution in [1.82, 2.24) is 10.3 Å². The fourth-order valence-corrected chi connectivity index (χ4v) is 3.85. The molecule has 0 aliphatic carbocycles. The number of carbonyl (C=O) groups is 1. The Kier molecular flexibility index (Phi) is 6.45. The third-order valence-electron chi connectivity index (χ3n) is 5.87. The molecule has 1 atom stereocenters. The number of carbonyl (C=O) groups excluding carboxylic acids is 1. The van der Waals surface area contributed by atoms with Crippen LogP contribution in [-0.2, 0) is 4.79 Å². The van der Waals surface area contributed by atoms with Gasteiger partial charge in [0.2, 0.25) is 0 Å². The van der Waals surface area contributed by atoms with E-state index in [1.54, 1.807) is 7.11 Å². The van der Waals surface area contributed by atoms with E-state index >= 15 is 0 Å². The molecule has 0 spiro atoms. The Bertz CT molecular complexity index is 1210. The maximum Gasteiger partial charge on any atom is 0.257 e. The minimum atomic E-state index is -0.151. The number of ether oxygens (including phenoxy) is 2. The Balaban J connectivity index is 1.50. The van der Waals surface area contributed by atoms with Crippen LogP contribution >= 0.6 is 0 Å². The van der Waals surface area contributed by atoms with E-state index in [4.69, 9.17) is 9.47 Å². The van der Waals surface area contributed by atoms with Gasteiger partial charge in [-0.05, 0) is 66.4 Å². The summed E-state index contributed by atoms with van der Waals surface area (Å²) in [4.78, 5) is 15.9. The number of hydrogen-bond donors (Lipinski definition) is 2. The molecule has 5 nitrogen and oxygen atoms in total. The van der Waals surface area contributed by atoms with E-state index < -0.39 is 0 Å². The molecule has 0 radical (unpaired) electrons. The number of hydrogen-bond acceptors (Lipinski definition) is 3. The molecule has 0 aliphatic rings. The highest BCUT2D eigenvalue weighted by Gasteiger charge is 2.19. The van der Waals surface area contributed by atoms with Gasteiger partial charge in [-0.3, -0.25) is 4.79 Å². The smallest absolute Gasteiger partial charge is 0.257 e. The first-order valence-electron chi connectivity index (χ1n) is 10.7. The summed E-state index contributed by atoms with van der Waals surface area (Å²) >= 11 is 0. The van der Waals surface area contributed by atoms with E-state index in [9.17, 15) is 4.79 Å². The summed E-state index contributed by atoms with van der Waals surface area (Å²) < 4.78 is 11.0. The molecule has 0 unspecified atom stereocenters. The summed E-state index contributed by atoms with van der Waals surface area (Å²) in [6.07, 6.45) is 2.03. The quantitative estimate of drug-likeness (QED) is 0.409. The van der Waals surface area contributed by atoms with Gasteiger partial charge in [-0.1, -0.05) is 36.4 Å². The van der Waals surface area contributed by atoms with Crippen molar-refractivity contribution in [2.75, 3.05) is 20.3 Å². The van der Waals surface area contributed by atoms with Gasteiger partial charge in [0, 0.05) is 29.6 Å². The van der Waals surface area contributed by atoms with E-state index in [-0.39, 0.29) is 18.4 Å². The Morgan fingerprint density at radius 2 is 1.72 bits per heavy atom. The Morgan fingerprint density at radius 3 is 2.47 bits per heavy atom. The molecule has 0 saturated heterocycles. The first kappa shape index (κ1) is 21.5. The van der Waals surface area contributed by atoms with Gasteiger partial charge >= 0.3 is 0 Å². The largest absolute Gasteiger partial charge is 0.497 e. The van der Waals surface area contributed by atoms with Crippen LogP contribution in [-0.4, -0.2) is 31.2 Å². The van der Waals surface area contributed by atoms with Gasteiger partial charge in [-0.15, -0.1) is 0 Å². The fourth-order valence-electron chi connectivity index (χ4n) is 3.85. The lowest BCUT2D eigenvalue weighted by atomic mass is 9.91. The number of H-pyrrole nitrogens is 1. The van der Waals surface area contributed by atoms with Gasteiger partial charge in [0.05, 0.1) is 7.11 Å². The zero-order valence-corrected chi connectivity index (χ0v) is 18.6. The lowest BCUT2D eigenvalue weighted by Crippen LogP contribution is -2.32. The van der Waals surface area contributed by atoms with E-state index in [0.717, 1.165) is 33.3 Å². The second-order valence-electron chi connectivity index (χ2n) is 7.95. The molecule has 0 bridgehead atoms. The molecule has 0 saturated carbocycles. The van der Waals surface area contributed by atoms with Crippen molar-refractivity contribution < 1.29 is 14.3 Å². The molecule has 5 heteroatoms. The summed E-state index contributed by atoms with van der Waals surface area (Å²) in [5.74, 6) is 1.34. The summed E-state index contributed by atoms with van der Waals surface area (Å²) in [6, 6.07) is 22.0. The van der Waals surface area contributed by atoms with Crippen LogP contribution in [0.5, 0.6) is 11.5 Å². The molecular formula is C27H28N2O3. The number of rotatable bonds is 8. The number of para-hydroxylation sites is 1. The van der Waals surface area contributed by atoms with Crippen LogP contribution in [0.25, 0.3) is 10.9 Å². The maximum atomic E-state index is 12.6. The highest BCUT2D eigenvalue weighted by molar-refractivity contribution is 5.84. The molecule has 32 heavy (non-hydrogen) atoms. The predicted octanol–water partition coefficient (Wildman–Crippen LogP) is 5.12. The molecule has 1 amide bonds. The summed E-state index contributed by atoms with van der Waals surface area (Å²) in [5, 5.41) is 4.20. The molecule has 1 heterocycles. The molecule has 4 rings (SSSR count). The van der Waals surface area contributed by atoms with Gasteiger partial charge < -0.3 is 19.8 Å². The molecule has 4 aromatic rings. The van der Waals surface area contributed by atoms with Crippen LogP contribution in [0.3, 0.4) is 0 Å². The topological polar surface area (TPSA) is 63.4 Å². The van der Waals surface area contributed by atoms with E-state index in [0.29, 0.717) is 12.3 Å². The highest BCUT2D eigenvalue weighted by Crippen LogP contribution is 2.31. The van der Waals surface area contributed by atoms with Crippen LogP contribution in [0, 0.1) is 13.8 Å². The molecule has 1 aromatic heterocycles. The number of methoxy groups -OCH3 is 1. The van der Waals surface area contributed by atoms with Crippen molar-refractivity contribution in [2.45, 2.75) is 19.8 Å². The SMILES string of the molecule is COc1ccc([C@@H](CNC(=O)COc2ccc(C)c(C)c2)c2c[nH]c3ccccc23)cc1. The zero-order valence-electron chi connectivity index (χ0n) is 18.6. The van der Waals surface area contributed by atoms with Crippen LogP contribution in [0.1, 0.15) is 28.2 Å². The third kappa shape index (κ3) is 4.78. The van der Waals surface area contributed by atoms with Crippen molar-refractivity contribution in [2.24, 2.45) is 0 Å². The van der Waals surface area contributed by atoms with Gasteiger partial charge in [0.25, 0.3) is 5.91 Å². The third-order valence-corrected chi connectivity index (χ3v) is 5.87. The Labute approximate surface area is 188 Å². The summed E-state index contributed by atoms with van der Waals surface area (Å²) in [6.45, 7) is 4.52. The number of amides is 1. The van der Waals surface area contributed by atoms with Gasteiger partial charge in [0.15, 0.2) is 6.61 Å². The van der Waals surface area contributed by atoms with Gasteiger partial charge in [-0.25, -0.2) is 0 Å². The number of fused-ring (bicyclic) bond motifs is 1. The molecule has 2 N–H and O–H groups in total. The van der Waals surface area contributed by atoms with Crippen molar-refractivity contribution >= 4 is 16.8 Å². The van der Waals surface area contributed by atoms with Crippen LogP contribution in [0.2, 0.25) is 0 Å².